The average molecular weight is 415 g/mol. The molecule has 0 radical (unpaired) electrons. The molecular weight excluding hydrogens is 394 g/mol. The van der Waals surface area contributed by atoms with E-state index >= 15 is 0 Å². The lowest BCUT2D eigenvalue weighted by Gasteiger charge is -2.42. The van der Waals surface area contributed by atoms with Gasteiger partial charge in [0.15, 0.2) is 0 Å². The number of aromatic nitrogens is 4. The second-order valence-corrected chi connectivity index (χ2v) is 8.05. The second-order valence-electron chi connectivity index (χ2n) is 8.05. The van der Waals surface area contributed by atoms with Gasteiger partial charge in [0.2, 0.25) is 11.4 Å². The van der Waals surface area contributed by atoms with Gasteiger partial charge in [-0.15, -0.1) is 0 Å². The molecule has 3 aromatic heterocycles. The number of hydrogen-bond donors (Lipinski definition) is 0. The van der Waals surface area contributed by atoms with Crippen LogP contribution in [0.2, 0.25) is 0 Å². The molecule has 2 aliphatic heterocycles. The molecule has 0 atom stereocenters. The van der Waals surface area contributed by atoms with Crippen LogP contribution < -0.4 is 0 Å². The maximum atomic E-state index is 13.1. The first-order valence-electron chi connectivity index (χ1n) is 10.5. The summed E-state index contributed by atoms with van der Waals surface area (Å²) in [4.78, 5) is 19.0. The number of benzene rings is 1. The zero-order valence-corrected chi connectivity index (χ0v) is 16.9. The highest BCUT2D eigenvalue weighted by Crippen LogP contribution is 2.41. The van der Waals surface area contributed by atoms with Crippen molar-refractivity contribution in [1.82, 2.24) is 24.8 Å². The van der Waals surface area contributed by atoms with Crippen molar-refractivity contribution in [2.45, 2.75) is 24.9 Å². The Bertz CT molecular complexity index is 1250. The Morgan fingerprint density at radius 2 is 1.90 bits per heavy atom. The zero-order chi connectivity index (χ0) is 20.8. The van der Waals surface area contributed by atoms with Gasteiger partial charge < -0.3 is 14.2 Å². The van der Waals surface area contributed by atoms with Gasteiger partial charge in [-0.2, -0.15) is 5.10 Å². The number of fused-ring (bicyclic) bond motifs is 3. The van der Waals surface area contributed by atoms with Crippen molar-refractivity contribution >= 4 is 16.9 Å². The highest BCUT2D eigenvalue weighted by Gasteiger charge is 2.44. The van der Waals surface area contributed by atoms with Gasteiger partial charge in [-0.25, -0.2) is 9.67 Å². The first kappa shape index (κ1) is 18.3. The van der Waals surface area contributed by atoms with Crippen molar-refractivity contribution in [2.75, 3.05) is 19.7 Å². The van der Waals surface area contributed by atoms with Gasteiger partial charge in [-0.05, 0) is 49.1 Å². The van der Waals surface area contributed by atoms with E-state index in [1.807, 2.05) is 46.0 Å². The number of nitrogens with zero attached hydrogens (tertiary/aromatic N) is 5. The van der Waals surface area contributed by atoms with E-state index in [1.165, 1.54) is 5.56 Å². The molecule has 1 aromatic carbocycles. The van der Waals surface area contributed by atoms with E-state index in [4.69, 9.17) is 14.4 Å². The Labute approximate surface area is 178 Å². The Morgan fingerprint density at radius 3 is 2.74 bits per heavy atom. The van der Waals surface area contributed by atoms with E-state index in [9.17, 15) is 4.79 Å². The maximum absolute atomic E-state index is 13.1. The highest BCUT2D eigenvalue weighted by atomic mass is 16.5. The van der Waals surface area contributed by atoms with Gasteiger partial charge in [0.05, 0.1) is 23.4 Å². The van der Waals surface area contributed by atoms with E-state index < -0.39 is 5.60 Å². The molecule has 8 nitrogen and oxygen atoms in total. The van der Waals surface area contributed by atoms with Gasteiger partial charge in [0, 0.05) is 25.5 Å². The molecule has 5 heterocycles. The second kappa shape index (κ2) is 7.02. The van der Waals surface area contributed by atoms with Crippen LogP contribution in [0.1, 0.15) is 34.7 Å². The molecule has 1 saturated heterocycles. The van der Waals surface area contributed by atoms with E-state index in [2.05, 4.69) is 16.3 Å². The molecule has 2 aliphatic rings. The molecule has 1 spiro atoms. The molecule has 0 saturated carbocycles. The monoisotopic (exact) mass is 415 g/mol. The lowest BCUT2D eigenvalue weighted by molar-refractivity contribution is -0.0965. The molecule has 156 valence electrons. The fourth-order valence-electron chi connectivity index (χ4n) is 4.65. The van der Waals surface area contributed by atoms with Crippen LogP contribution in [-0.2, 0) is 16.8 Å². The van der Waals surface area contributed by atoms with Gasteiger partial charge in [0.1, 0.15) is 5.60 Å². The number of likely N-dealkylation sites (tertiary alicyclic amines) is 1. The number of hydrogen-bond acceptors (Lipinski definition) is 6. The molecule has 0 bridgehead atoms. The van der Waals surface area contributed by atoms with Gasteiger partial charge in [-0.3, -0.25) is 4.79 Å². The van der Waals surface area contributed by atoms with Crippen molar-refractivity contribution in [2.24, 2.45) is 0 Å². The summed E-state index contributed by atoms with van der Waals surface area (Å²) in [5.74, 6) is 0.0915. The summed E-state index contributed by atoms with van der Waals surface area (Å²) >= 11 is 0. The number of pyridine rings is 1. The SMILES string of the molecule is O=C(c1onc2ncccc12)N1CCC2(CC1)OCCc1cn(-c3ccccc3)nc12. The summed E-state index contributed by atoms with van der Waals surface area (Å²) in [5, 5.41) is 9.46. The summed E-state index contributed by atoms with van der Waals surface area (Å²) in [7, 11) is 0. The standard InChI is InChI=1S/C23H21N5O3/c29-22(19-18-7-4-11-24-21(18)26-31-19)27-12-9-23(10-13-27)20-16(8-14-30-23)15-28(25-20)17-5-2-1-3-6-17/h1-7,11,15H,8-10,12-14H2. The predicted molar refractivity (Wildman–Crippen MR) is 112 cm³/mol. The van der Waals surface area contributed by atoms with Crippen molar-refractivity contribution in [1.29, 1.82) is 0 Å². The molecule has 0 N–H and O–H groups in total. The summed E-state index contributed by atoms with van der Waals surface area (Å²) in [6.45, 7) is 1.80. The highest BCUT2D eigenvalue weighted by molar-refractivity contribution is 6.02. The maximum Gasteiger partial charge on any atom is 0.293 e. The molecular formula is C23H21N5O3. The van der Waals surface area contributed by atoms with Crippen LogP contribution in [0, 0.1) is 0 Å². The third-order valence-corrected chi connectivity index (χ3v) is 6.30. The lowest BCUT2D eigenvalue weighted by atomic mass is 9.83. The number of piperidine rings is 1. The molecule has 0 unspecified atom stereocenters. The van der Waals surface area contributed by atoms with E-state index in [0.29, 0.717) is 43.6 Å². The molecule has 8 heteroatoms. The Morgan fingerprint density at radius 1 is 1.06 bits per heavy atom. The summed E-state index contributed by atoms with van der Waals surface area (Å²) in [6.07, 6.45) is 5.99. The molecule has 31 heavy (non-hydrogen) atoms. The smallest absolute Gasteiger partial charge is 0.293 e. The Kier molecular flexibility index (Phi) is 4.14. The topological polar surface area (TPSA) is 86.3 Å². The van der Waals surface area contributed by atoms with Crippen molar-refractivity contribution in [3.05, 3.63) is 71.9 Å². The summed E-state index contributed by atoms with van der Waals surface area (Å²) in [6, 6.07) is 13.7. The lowest BCUT2D eigenvalue weighted by Crippen LogP contribution is -2.48. The first-order chi connectivity index (χ1) is 15.2. The van der Waals surface area contributed by atoms with Crippen molar-refractivity contribution in [3.8, 4) is 5.69 Å². The molecule has 6 rings (SSSR count). The van der Waals surface area contributed by atoms with Crippen LogP contribution in [0.4, 0.5) is 0 Å². The predicted octanol–water partition coefficient (Wildman–Crippen LogP) is 3.11. The third kappa shape index (κ3) is 2.94. The summed E-state index contributed by atoms with van der Waals surface area (Å²) in [5.41, 5.74) is 3.26. The van der Waals surface area contributed by atoms with E-state index in [0.717, 1.165) is 17.8 Å². The van der Waals surface area contributed by atoms with Crippen LogP contribution in [0.5, 0.6) is 0 Å². The Balaban J connectivity index is 1.25. The van der Waals surface area contributed by atoms with Gasteiger partial charge in [0.25, 0.3) is 5.91 Å². The summed E-state index contributed by atoms with van der Waals surface area (Å²) < 4.78 is 13.6. The number of rotatable bonds is 2. The number of carbonyl (C=O) groups is 1. The fourth-order valence-corrected chi connectivity index (χ4v) is 4.65. The minimum absolute atomic E-state index is 0.156. The van der Waals surface area contributed by atoms with Gasteiger partial charge in [-0.1, -0.05) is 23.4 Å². The van der Waals surface area contributed by atoms with E-state index in [-0.39, 0.29) is 11.7 Å². The number of amides is 1. The number of para-hydroxylation sites is 1. The minimum atomic E-state index is -0.449. The van der Waals surface area contributed by atoms with Crippen LogP contribution in [0.15, 0.2) is 59.4 Å². The third-order valence-electron chi connectivity index (χ3n) is 6.30. The number of ether oxygens (including phenoxy) is 1. The molecule has 0 aliphatic carbocycles. The largest absolute Gasteiger partial charge is 0.368 e. The Hall–Kier alpha value is -3.52. The fraction of sp³-hybridized carbons (Fsp3) is 0.304. The van der Waals surface area contributed by atoms with Crippen molar-refractivity contribution < 1.29 is 14.1 Å². The molecule has 1 amide bonds. The molecule has 4 aromatic rings. The normalized spacial score (nSPS) is 17.7. The van der Waals surface area contributed by atoms with Crippen molar-refractivity contribution in [3.63, 3.8) is 0 Å². The van der Waals surface area contributed by atoms with Crippen LogP contribution in [-0.4, -0.2) is 50.4 Å². The zero-order valence-electron chi connectivity index (χ0n) is 16.9. The van der Waals surface area contributed by atoms with Crippen LogP contribution >= 0.6 is 0 Å². The quantitative estimate of drug-likeness (QED) is 0.500. The number of carbonyl (C=O) groups excluding carboxylic acids is 1. The van der Waals surface area contributed by atoms with Crippen LogP contribution in [0.25, 0.3) is 16.7 Å². The molecule has 1 fully saturated rings. The minimum Gasteiger partial charge on any atom is -0.368 e. The van der Waals surface area contributed by atoms with Crippen LogP contribution in [0.3, 0.4) is 0 Å². The van der Waals surface area contributed by atoms with Gasteiger partial charge >= 0.3 is 0 Å². The van der Waals surface area contributed by atoms with E-state index in [1.54, 1.807) is 12.3 Å². The average Bonchev–Trinajstić information content (AvgIpc) is 3.45. The first-order valence-corrected chi connectivity index (χ1v) is 10.5.